The average molecular weight is 350 g/mol. The lowest BCUT2D eigenvalue weighted by Crippen LogP contribution is -2.50. The van der Waals surface area contributed by atoms with Crippen molar-refractivity contribution in [2.75, 3.05) is 12.8 Å². The first-order valence-corrected chi connectivity index (χ1v) is 10.6. The summed E-state index contributed by atoms with van der Waals surface area (Å²) in [6, 6.07) is 8.10. The SMILES string of the molecule is CCN(C(=O)Cc1ccc(S(C)(=O)=O)cc1)[C@@H]1C[C@H]2CC[C@@H](C1)N2. The molecule has 3 atom stereocenters. The van der Waals surface area contributed by atoms with Crippen molar-refractivity contribution in [1.82, 2.24) is 10.2 Å². The molecule has 2 aliphatic rings. The smallest absolute Gasteiger partial charge is 0.227 e. The second-order valence-corrected chi connectivity index (χ2v) is 9.05. The lowest BCUT2D eigenvalue weighted by Gasteiger charge is -2.37. The van der Waals surface area contributed by atoms with E-state index in [1.807, 2.05) is 11.8 Å². The van der Waals surface area contributed by atoms with Crippen LogP contribution < -0.4 is 5.32 Å². The minimum Gasteiger partial charge on any atom is -0.340 e. The number of amides is 1. The molecule has 1 N–H and O–H groups in total. The number of nitrogens with one attached hydrogen (secondary N) is 1. The summed E-state index contributed by atoms with van der Waals surface area (Å²) in [5.41, 5.74) is 0.864. The lowest BCUT2D eigenvalue weighted by molar-refractivity contribution is -0.133. The van der Waals surface area contributed by atoms with Gasteiger partial charge in [-0.2, -0.15) is 0 Å². The molecule has 1 aromatic rings. The Labute approximate surface area is 144 Å². The van der Waals surface area contributed by atoms with Crippen LogP contribution in [-0.4, -0.2) is 50.2 Å². The third-order valence-electron chi connectivity index (χ3n) is 5.26. The molecular formula is C18H26N2O3S. The molecule has 2 bridgehead atoms. The van der Waals surface area contributed by atoms with E-state index in [4.69, 9.17) is 0 Å². The average Bonchev–Trinajstić information content (AvgIpc) is 2.86. The summed E-state index contributed by atoms with van der Waals surface area (Å²) in [5.74, 6) is 0.135. The summed E-state index contributed by atoms with van der Waals surface area (Å²) in [6.07, 6.45) is 6.06. The Hall–Kier alpha value is -1.40. The molecule has 0 aromatic heterocycles. The van der Waals surface area contributed by atoms with Gasteiger partial charge in [-0.1, -0.05) is 12.1 Å². The van der Waals surface area contributed by atoms with Crippen LogP contribution in [0.4, 0.5) is 0 Å². The van der Waals surface area contributed by atoms with E-state index in [2.05, 4.69) is 5.32 Å². The van der Waals surface area contributed by atoms with Crippen molar-refractivity contribution >= 4 is 15.7 Å². The highest BCUT2D eigenvalue weighted by molar-refractivity contribution is 7.90. The first-order valence-electron chi connectivity index (χ1n) is 8.71. The number of hydrogen-bond donors (Lipinski definition) is 1. The third-order valence-corrected chi connectivity index (χ3v) is 6.39. The van der Waals surface area contributed by atoms with Crippen LogP contribution in [0, 0.1) is 0 Å². The summed E-state index contributed by atoms with van der Waals surface area (Å²) in [5, 5.41) is 3.61. The molecule has 6 heteroatoms. The van der Waals surface area contributed by atoms with E-state index in [-0.39, 0.29) is 5.91 Å². The molecule has 1 amide bonds. The number of sulfone groups is 1. The molecule has 2 saturated heterocycles. The first kappa shape index (κ1) is 17.4. The van der Waals surface area contributed by atoms with Crippen LogP contribution in [0.25, 0.3) is 0 Å². The molecule has 2 fully saturated rings. The number of rotatable bonds is 5. The maximum absolute atomic E-state index is 12.7. The zero-order valence-electron chi connectivity index (χ0n) is 14.4. The predicted octanol–water partition coefficient (Wildman–Crippen LogP) is 1.76. The summed E-state index contributed by atoms with van der Waals surface area (Å²) >= 11 is 0. The van der Waals surface area contributed by atoms with Gasteiger partial charge in [0.15, 0.2) is 9.84 Å². The molecule has 24 heavy (non-hydrogen) atoms. The maximum Gasteiger partial charge on any atom is 0.227 e. The van der Waals surface area contributed by atoms with E-state index in [0.29, 0.717) is 29.4 Å². The minimum absolute atomic E-state index is 0.135. The van der Waals surface area contributed by atoms with Crippen molar-refractivity contribution in [3.8, 4) is 0 Å². The zero-order chi connectivity index (χ0) is 17.3. The van der Waals surface area contributed by atoms with Crippen molar-refractivity contribution in [1.29, 1.82) is 0 Å². The molecule has 0 spiro atoms. The molecule has 0 unspecified atom stereocenters. The Morgan fingerprint density at radius 2 is 1.75 bits per heavy atom. The van der Waals surface area contributed by atoms with E-state index >= 15 is 0 Å². The van der Waals surface area contributed by atoms with Crippen LogP contribution in [0.1, 0.15) is 38.2 Å². The van der Waals surface area contributed by atoms with Gasteiger partial charge >= 0.3 is 0 Å². The van der Waals surface area contributed by atoms with Gasteiger partial charge in [-0.05, 0) is 50.3 Å². The van der Waals surface area contributed by atoms with Crippen LogP contribution in [0.5, 0.6) is 0 Å². The quantitative estimate of drug-likeness (QED) is 0.879. The number of fused-ring (bicyclic) bond motifs is 2. The van der Waals surface area contributed by atoms with Crippen molar-refractivity contribution < 1.29 is 13.2 Å². The summed E-state index contributed by atoms with van der Waals surface area (Å²) in [4.78, 5) is 15.0. The summed E-state index contributed by atoms with van der Waals surface area (Å²) < 4.78 is 23.0. The van der Waals surface area contributed by atoms with Crippen molar-refractivity contribution in [2.24, 2.45) is 0 Å². The molecule has 3 rings (SSSR count). The standard InChI is InChI=1S/C18H26N2O3S/c1-3-20(16-11-14-6-7-15(12-16)19-14)18(21)10-13-4-8-17(9-5-13)24(2,22)23/h4-5,8-9,14-16,19H,3,6-7,10-12H2,1-2H3/t14-,15+,16-. The Morgan fingerprint density at radius 1 is 1.17 bits per heavy atom. The van der Waals surface area contributed by atoms with Gasteiger partial charge in [0, 0.05) is 30.9 Å². The van der Waals surface area contributed by atoms with Gasteiger partial charge in [0.2, 0.25) is 5.91 Å². The highest BCUT2D eigenvalue weighted by atomic mass is 32.2. The Bertz CT molecular complexity index is 687. The summed E-state index contributed by atoms with van der Waals surface area (Å²) in [6.45, 7) is 2.76. The second kappa shape index (κ2) is 6.84. The normalized spacial score (nSPS) is 26.3. The molecule has 0 aliphatic carbocycles. The van der Waals surface area contributed by atoms with E-state index in [1.165, 1.54) is 19.1 Å². The van der Waals surface area contributed by atoms with Crippen LogP contribution in [0.15, 0.2) is 29.2 Å². The highest BCUT2D eigenvalue weighted by Crippen LogP contribution is 2.30. The van der Waals surface area contributed by atoms with Crippen LogP contribution in [0.2, 0.25) is 0 Å². The van der Waals surface area contributed by atoms with Gasteiger partial charge in [0.1, 0.15) is 0 Å². The number of likely N-dealkylation sites (N-methyl/N-ethyl adjacent to an activating group) is 1. The largest absolute Gasteiger partial charge is 0.340 e. The number of carbonyl (C=O) groups is 1. The number of piperidine rings is 1. The molecular weight excluding hydrogens is 324 g/mol. The van der Waals surface area contributed by atoms with E-state index < -0.39 is 9.84 Å². The van der Waals surface area contributed by atoms with Gasteiger partial charge in [0.25, 0.3) is 0 Å². The van der Waals surface area contributed by atoms with Gasteiger partial charge in [-0.3, -0.25) is 4.79 Å². The fraction of sp³-hybridized carbons (Fsp3) is 0.611. The minimum atomic E-state index is -3.19. The van der Waals surface area contributed by atoms with Gasteiger partial charge < -0.3 is 10.2 Å². The lowest BCUT2D eigenvalue weighted by atomic mass is 9.97. The number of nitrogens with zero attached hydrogens (tertiary/aromatic N) is 1. The number of benzene rings is 1. The molecule has 2 aliphatic heterocycles. The fourth-order valence-corrected chi connectivity index (χ4v) is 4.68. The molecule has 1 aromatic carbocycles. The van der Waals surface area contributed by atoms with E-state index in [0.717, 1.165) is 24.9 Å². The van der Waals surface area contributed by atoms with Crippen molar-refractivity contribution in [3.63, 3.8) is 0 Å². The van der Waals surface area contributed by atoms with Crippen molar-refractivity contribution in [3.05, 3.63) is 29.8 Å². The van der Waals surface area contributed by atoms with Crippen LogP contribution in [-0.2, 0) is 21.1 Å². The zero-order valence-corrected chi connectivity index (χ0v) is 15.2. The van der Waals surface area contributed by atoms with Gasteiger partial charge in [-0.25, -0.2) is 8.42 Å². The monoisotopic (exact) mass is 350 g/mol. The van der Waals surface area contributed by atoms with Crippen LogP contribution >= 0.6 is 0 Å². The molecule has 132 valence electrons. The summed E-state index contributed by atoms with van der Waals surface area (Å²) in [7, 11) is -3.19. The highest BCUT2D eigenvalue weighted by Gasteiger charge is 2.36. The third kappa shape index (κ3) is 3.81. The second-order valence-electron chi connectivity index (χ2n) is 7.04. The molecule has 0 saturated carbocycles. The first-order chi connectivity index (χ1) is 11.4. The van der Waals surface area contributed by atoms with E-state index in [1.54, 1.807) is 24.3 Å². The van der Waals surface area contributed by atoms with Crippen LogP contribution in [0.3, 0.4) is 0 Å². The van der Waals surface area contributed by atoms with Gasteiger partial charge in [-0.15, -0.1) is 0 Å². The van der Waals surface area contributed by atoms with Gasteiger partial charge in [0.05, 0.1) is 11.3 Å². The molecule has 2 heterocycles. The number of hydrogen-bond acceptors (Lipinski definition) is 4. The van der Waals surface area contributed by atoms with E-state index in [9.17, 15) is 13.2 Å². The maximum atomic E-state index is 12.7. The molecule has 0 radical (unpaired) electrons. The predicted molar refractivity (Wildman–Crippen MR) is 93.6 cm³/mol. The number of carbonyl (C=O) groups excluding carboxylic acids is 1. The fourth-order valence-electron chi connectivity index (χ4n) is 4.05. The topological polar surface area (TPSA) is 66.5 Å². The van der Waals surface area contributed by atoms with Crippen molar-refractivity contribution in [2.45, 2.75) is 62.0 Å². The molecule has 5 nitrogen and oxygen atoms in total. The Morgan fingerprint density at radius 3 is 2.25 bits per heavy atom. The Balaban J connectivity index is 1.66. The Kier molecular flexibility index (Phi) is 4.97.